The highest BCUT2D eigenvalue weighted by Gasteiger charge is 2.31. The van der Waals surface area contributed by atoms with Gasteiger partial charge in [0.25, 0.3) is 0 Å². The van der Waals surface area contributed by atoms with Crippen LogP contribution in [0.25, 0.3) is 0 Å². The van der Waals surface area contributed by atoms with Crippen molar-refractivity contribution in [2.24, 2.45) is 5.73 Å². The normalized spacial score (nSPS) is 17.3. The van der Waals surface area contributed by atoms with Gasteiger partial charge in [0.1, 0.15) is 6.04 Å². The topological polar surface area (TPSA) is 78.7 Å². The molecule has 0 aromatic heterocycles. The first-order chi connectivity index (χ1) is 14.0. The van der Waals surface area contributed by atoms with Crippen molar-refractivity contribution >= 4 is 17.5 Å². The molecule has 0 spiro atoms. The summed E-state index contributed by atoms with van der Waals surface area (Å²) in [6.07, 6.45) is 2.68. The van der Waals surface area contributed by atoms with Crippen LogP contribution in [0.1, 0.15) is 28.8 Å². The van der Waals surface area contributed by atoms with E-state index in [2.05, 4.69) is 27.2 Å². The molecular formula is C23H30N4O2. The minimum absolute atomic E-state index is 0.0854. The van der Waals surface area contributed by atoms with Crippen molar-refractivity contribution in [3.05, 3.63) is 65.7 Å². The molecule has 2 aromatic rings. The fourth-order valence-electron chi connectivity index (χ4n) is 3.82. The van der Waals surface area contributed by atoms with Gasteiger partial charge in [0.15, 0.2) is 0 Å². The summed E-state index contributed by atoms with van der Waals surface area (Å²) in [5.74, 6) is -0.338. The van der Waals surface area contributed by atoms with Gasteiger partial charge in [-0.05, 0) is 63.2 Å². The number of nitrogens with two attached hydrogens (primary N) is 1. The maximum absolute atomic E-state index is 12.9. The number of hydrogen-bond donors (Lipinski definition) is 2. The monoisotopic (exact) mass is 394 g/mol. The molecule has 3 N–H and O–H groups in total. The molecule has 154 valence electrons. The summed E-state index contributed by atoms with van der Waals surface area (Å²) in [4.78, 5) is 28.5. The van der Waals surface area contributed by atoms with Gasteiger partial charge in [-0.2, -0.15) is 0 Å². The molecule has 2 amide bonds. The van der Waals surface area contributed by atoms with Crippen LogP contribution in [0.5, 0.6) is 0 Å². The van der Waals surface area contributed by atoms with Gasteiger partial charge in [0, 0.05) is 30.4 Å². The minimum Gasteiger partial charge on any atom is -0.366 e. The molecule has 2 atom stereocenters. The molecule has 0 radical (unpaired) electrons. The number of amides is 2. The average molecular weight is 395 g/mol. The number of benzene rings is 2. The van der Waals surface area contributed by atoms with Crippen molar-refractivity contribution < 1.29 is 9.59 Å². The van der Waals surface area contributed by atoms with Crippen LogP contribution >= 0.6 is 0 Å². The predicted octanol–water partition coefficient (Wildman–Crippen LogP) is 2.04. The minimum atomic E-state index is -0.424. The Balaban J connectivity index is 1.59. The van der Waals surface area contributed by atoms with E-state index in [-0.39, 0.29) is 18.0 Å². The van der Waals surface area contributed by atoms with Crippen molar-refractivity contribution in [3.63, 3.8) is 0 Å². The molecule has 29 heavy (non-hydrogen) atoms. The number of hydrogen-bond acceptors (Lipinski definition) is 4. The standard InChI is InChI=1S/C23H30N4O2/c1-26(2)20(15-17-10-12-18(13-11-17)22(24)28)16-25-23(29)21-9-6-14-27(21)19-7-4-3-5-8-19/h3-5,7-8,10-13,20-21H,6,9,14-16H2,1-2H3,(H2,24,28)(H,25,29)/t20-,21?/m0/s1. The molecule has 1 heterocycles. The molecule has 6 heteroatoms. The van der Waals surface area contributed by atoms with E-state index < -0.39 is 5.91 Å². The summed E-state index contributed by atoms with van der Waals surface area (Å²) in [5.41, 5.74) is 8.02. The number of para-hydroxylation sites is 1. The third kappa shape index (κ3) is 5.35. The Morgan fingerprint density at radius 3 is 2.45 bits per heavy atom. The van der Waals surface area contributed by atoms with Crippen molar-refractivity contribution in [3.8, 4) is 0 Å². The van der Waals surface area contributed by atoms with E-state index in [0.717, 1.165) is 37.1 Å². The Hall–Kier alpha value is -2.86. The maximum atomic E-state index is 12.9. The Kier molecular flexibility index (Phi) is 6.88. The van der Waals surface area contributed by atoms with Crippen molar-refractivity contribution in [1.82, 2.24) is 10.2 Å². The van der Waals surface area contributed by atoms with Crippen LogP contribution in [0, 0.1) is 0 Å². The second-order valence-electron chi connectivity index (χ2n) is 7.81. The first kappa shape index (κ1) is 20.9. The highest BCUT2D eigenvalue weighted by atomic mass is 16.2. The average Bonchev–Trinajstić information content (AvgIpc) is 3.21. The van der Waals surface area contributed by atoms with Gasteiger partial charge >= 0.3 is 0 Å². The van der Waals surface area contributed by atoms with Gasteiger partial charge in [-0.25, -0.2) is 0 Å². The summed E-state index contributed by atoms with van der Waals surface area (Å²) in [5, 5.41) is 3.16. The summed E-state index contributed by atoms with van der Waals surface area (Å²) in [6.45, 7) is 1.48. The Morgan fingerprint density at radius 1 is 1.14 bits per heavy atom. The van der Waals surface area contributed by atoms with E-state index in [1.165, 1.54) is 0 Å². The number of nitrogens with zero attached hydrogens (tertiary/aromatic N) is 2. The van der Waals surface area contributed by atoms with Crippen LogP contribution in [-0.2, 0) is 11.2 Å². The van der Waals surface area contributed by atoms with Gasteiger partial charge in [-0.1, -0.05) is 30.3 Å². The molecule has 1 fully saturated rings. The second-order valence-corrected chi connectivity index (χ2v) is 7.81. The number of rotatable bonds is 8. The van der Waals surface area contributed by atoms with E-state index in [0.29, 0.717) is 12.1 Å². The molecule has 0 saturated carbocycles. The summed E-state index contributed by atoms with van der Waals surface area (Å²) in [7, 11) is 4.03. The molecular weight excluding hydrogens is 364 g/mol. The van der Waals surface area contributed by atoms with E-state index in [1.54, 1.807) is 12.1 Å². The summed E-state index contributed by atoms with van der Waals surface area (Å²) < 4.78 is 0. The smallest absolute Gasteiger partial charge is 0.248 e. The molecule has 0 bridgehead atoms. The van der Waals surface area contributed by atoms with Gasteiger partial charge < -0.3 is 20.9 Å². The molecule has 1 saturated heterocycles. The molecule has 2 aromatic carbocycles. The largest absolute Gasteiger partial charge is 0.366 e. The molecule has 3 rings (SSSR count). The first-order valence-corrected chi connectivity index (χ1v) is 10.1. The highest BCUT2D eigenvalue weighted by Crippen LogP contribution is 2.25. The van der Waals surface area contributed by atoms with Crippen LogP contribution in [-0.4, -0.2) is 56.0 Å². The quantitative estimate of drug-likeness (QED) is 0.718. The van der Waals surface area contributed by atoms with Gasteiger partial charge in [-0.15, -0.1) is 0 Å². The molecule has 1 unspecified atom stereocenters. The summed E-state index contributed by atoms with van der Waals surface area (Å²) in [6, 6.07) is 17.5. The molecule has 1 aliphatic rings. The van der Waals surface area contributed by atoms with E-state index in [9.17, 15) is 9.59 Å². The third-order valence-electron chi connectivity index (χ3n) is 5.60. The van der Waals surface area contributed by atoms with E-state index in [1.807, 2.05) is 44.4 Å². The fraction of sp³-hybridized carbons (Fsp3) is 0.391. The van der Waals surface area contributed by atoms with E-state index in [4.69, 9.17) is 5.73 Å². The number of anilines is 1. The maximum Gasteiger partial charge on any atom is 0.248 e. The zero-order valence-electron chi connectivity index (χ0n) is 17.2. The van der Waals surface area contributed by atoms with Crippen LogP contribution in [0.3, 0.4) is 0 Å². The number of carbonyl (C=O) groups is 2. The first-order valence-electron chi connectivity index (χ1n) is 10.1. The lowest BCUT2D eigenvalue weighted by atomic mass is 10.0. The lowest BCUT2D eigenvalue weighted by molar-refractivity contribution is -0.122. The van der Waals surface area contributed by atoms with Crippen LogP contribution < -0.4 is 16.0 Å². The van der Waals surface area contributed by atoms with Gasteiger partial charge in [-0.3, -0.25) is 9.59 Å². The predicted molar refractivity (Wildman–Crippen MR) is 116 cm³/mol. The number of nitrogens with one attached hydrogen (secondary N) is 1. The molecule has 0 aliphatic carbocycles. The molecule has 1 aliphatic heterocycles. The van der Waals surface area contributed by atoms with E-state index >= 15 is 0 Å². The fourth-order valence-corrected chi connectivity index (χ4v) is 3.82. The Morgan fingerprint density at radius 2 is 1.83 bits per heavy atom. The van der Waals surface area contributed by atoms with Gasteiger partial charge in [0.2, 0.25) is 11.8 Å². The second kappa shape index (κ2) is 9.56. The third-order valence-corrected chi connectivity index (χ3v) is 5.60. The lowest BCUT2D eigenvalue weighted by Crippen LogP contribution is -2.48. The number of carbonyl (C=O) groups excluding carboxylic acids is 2. The Bertz CT molecular complexity index is 821. The molecule has 6 nitrogen and oxygen atoms in total. The van der Waals surface area contributed by atoms with Crippen LogP contribution in [0.4, 0.5) is 5.69 Å². The zero-order valence-corrected chi connectivity index (χ0v) is 17.2. The zero-order chi connectivity index (χ0) is 20.8. The number of likely N-dealkylation sites (N-methyl/N-ethyl adjacent to an activating group) is 1. The Labute approximate surface area is 172 Å². The summed E-state index contributed by atoms with van der Waals surface area (Å²) >= 11 is 0. The van der Waals surface area contributed by atoms with Crippen LogP contribution in [0.15, 0.2) is 54.6 Å². The van der Waals surface area contributed by atoms with Gasteiger partial charge in [0.05, 0.1) is 0 Å². The SMILES string of the molecule is CN(C)[C@H](CNC(=O)C1CCCN1c1ccccc1)Cc1ccc(C(N)=O)cc1. The number of primary amides is 1. The highest BCUT2D eigenvalue weighted by molar-refractivity contribution is 5.92. The lowest BCUT2D eigenvalue weighted by Gasteiger charge is -2.28. The van der Waals surface area contributed by atoms with Crippen molar-refractivity contribution in [1.29, 1.82) is 0 Å². The van der Waals surface area contributed by atoms with Crippen molar-refractivity contribution in [2.45, 2.75) is 31.3 Å². The van der Waals surface area contributed by atoms with Crippen LogP contribution in [0.2, 0.25) is 0 Å². The van der Waals surface area contributed by atoms with Crippen molar-refractivity contribution in [2.75, 3.05) is 32.1 Å².